The zero-order valence-corrected chi connectivity index (χ0v) is 18.2. The molecule has 2 fully saturated rings. The first-order valence-electron chi connectivity index (χ1n) is 10.7. The molecule has 1 heterocycles. The van der Waals surface area contributed by atoms with Crippen molar-refractivity contribution in [1.29, 1.82) is 0 Å². The molecule has 32 heavy (non-hydrogen) atoms. The molecule has 1 saturated carbocycles. The van der Waals surface area contributed by atoms with Crippen molar-refractivity contribution in [3.05, 3.63) is 69.7 Å². The van der Waals surface area contributed by atoms with Crippen LogP contribution in [0.3, 0.4) is 0 Å². The lowest BCUT2D eigenvalue weighted by Crippen LogP contribution is -2.55. The first kappa shape index (κ1) is 23.2. The Bertz CT molecular complexity index is 1010. The average Bonchev–Trinajstić information content (AvgIpc) is 2.77. The number of ether oxygens (including phenoxy) is 1. The Morgan fingerprint density at radius 2 is 1.72 bits per heavy atom. The van der Waals surface area contributed by atoms with Gasteiger partial charge in [0, 0.05) is 10.6 Å². The maximum absolute atomic E-state index is 10.4. The molecule has 0 aromatic heterocycles. The molecule has 2 aromatic carbocycles. The summed E-state index contributed by atoms with van der Waals surface area (Å²) in [5.41, 5.74) is 2.40. The lowest BCUT2D eigenvalue weighted by Gasteiger charge is -2.40. The van der Waals surface area contributed by atoms with Crippen LogP contribution < -0.4 is 0 Å². The second-order valence-corrected chi connectivity index (χ2v) is 9.02. The molecule has 5 N–H and O–H groups in total. The molecule has 4 rings (SSSR count). The van der Waals surface area contributed by atoms with Crippen LogP contribution in [0, 0.1) is 11.8 Å². The maximum Gasteiger partial charge on any atom is 0.125 e. The number of aliphatic hydroxyl groups is 5. The molecule has 1 unspecified atom stereocenters. The van der Waals surface area contributed by atoms with Crippen LogP contribution in [-0.2, 0) is 11.2 Å². The average molecular weight is 459 g/mol. The zero-order chi connectivity index (χ0) is 22.9. The van der Waals surface area contributed by atoms with Gasteiger partial charge in [-0.1, -0.05) is 47.7 Å². The highest BCUT2D eigenvalue weighted by Crippen LogP contribution is 2.34. The van der Waals surface area contributed by atoms with Crippen LogP contribution in [0.4, 0.5) is 0 Å². The largest absolute Gasteiger partial charge is 0.394 e. The van der Waals surface area contributed by atoms with Crippen molar-refractivity contribution in [3.63, 3.8) is 0 Å². The van der Waals surface area contributed by atoms with Crippen molar-refractivity contribution in [2.75, 3.05) is 6.61 Å². The SMILES string of the molecule is OC[C@H]1O[C@@H](c2ccc(Cl)c(Cc3ccc(C#CC4(O)CCC4)cc3)c2)C(O)[C@@H](O)[C@@H]1O. The lowest BCUT2D eigenvalue weighted by atomic mass is 9.81. The number of hydrogen-bond acceptors (Lipinski definition) is 6. The van der Waals surface area contributed by atoms with Crippen molar-refractivity contribution in [1.82, 2.24) is 0 Å². The number of benzene rings is 2. The third-order valence-electron chi connectivity index (χ3n) is 6.26. The quantitative estimate of drug-likeness (QED) is 0.446. The normalized spacial score (nSPS) is 29.0. The van der Waals surface area contributed by atoms with E-state index in [1.54, 1.807) is 18.2 Å². The van der Waals surface area contributed by atoms with E-state index >= 15 is 0 Å². The molecule has 2 aromatic rings. The predicted molar refractivity (Wildman–Crippen MR) is 119 cm³/mol. The van der Waals surface area contributed by atoms with E-state index in [1.165, 1.54) is 0 Å². The molecule has 0 spiro atoms. The first-order valence-corrected chi connectivity index (χ1v) is 11.1. The number of halogens is 1. The Balaban J connectivity index is 1.51. The molecular weight excluding hydrogens is 432 g/mol. The molecule has 7 heteroatoms. The molecule has 1 saturated heterocycles. The van der Waals surface area contributed by atoms with Gasteiger partial charge in [0.25, 0.3) is 0 Å². The molecule has 5 atom stereocenters. The van der Waals surface area contributed by atoms with Crippen LogP contribution in [0.5, 0.6) is 0 Å². The van der Waals surface area contributed by atoms with E-state index in [0.29, 0.717) is 17.0 Å². The van der Waals surface area contributed by atoms with Crippen LogP contribution >= 0.6 is 11.6 Å². The fraction of sp³-hybridized carbons (Fsp3) is 0.440. The van der Waals surface area contributed by atoms with Crippen LogP contribution in [-0.4, -0.2) is 62.2 Å². The van der Waals surface area contributed by atoms with Gasteiger partial charge >= 0.3 is 0 Å². The minimum absolute atomic E-state index is 0.478. The van der Waals surface area contributed by atoms with Gasteiger partial charge in [0.05, 0.1) is 6.61 Å². The van der Waals surface area contributed by atoms with Gasteiger partial charge in [0.15, 0.2) is 0 Å². The van der Waals surface area contributed by atoms with E-state index in [2.05, 4.69) is 11.8 Å². The molecule has 0 radical (unpaired) electrons. The molecular formula is C25H27ClO6. The third-order valence-corrected chi connectivity index (χ3v) is 6.63. The Hall–Kier alpha value is -1.95. The summed E-state index contributed by atoms with van der Waals surface area (Å²) in [6.45, 7) is -0.478. The number of hydrogen-bond donors (Lipinski definition) is 5. The van der Waals surface area contributed by atoms with Gasteiger partial charge in [-0.2, -0.15) is 0 Å². The Kier molecular flexibility index (Phi) is 6.89. The van der Waals surface area contributed by atoms with Crippen molar-refractivity contribution in [2.24, 2.45) is 0 Å². The monoisotopic (exact) mass is 458 g/mol. The van der Waals surface area contributed by atoms with E-state index in [1.807, 2.05) is 24.3 Å². The van der Waals surface area contributed by atoms with Gasteiger partial charge in [-0.25, -0.2) is 0 Å². The van der Waals surface area contributed by atoms with E-state index in [4.69, 9.17) is 16.3 Å². The van der Waals surface area contributed by atoms with Crippen molar-refractivity contribution in [3.8, 4) is 11.8 Å². The molecule has 1 aliphatic carbocycles. The van der Waals surface area contributed by atoms with Gasteiger partial charge in [0.1, 0.15) is 36.1 Å². The minimum Gasteiger partial charge on any atom is -0.394 e. The summed E-state index contributed by atoms with van der Waals surface area (Å²) in [5.74, 6) is 5.97. The first-order chi connectivity index (χ1) is 15.3. The highest BCUT2D eigenvalue weighted by Gasteiger charge is 2.44. The summed E-state index contributed by atoms with van der Waals surface area (Å²) >= 11 is 6.40. The van der Waals surface area contributed by atoms with Gasteiger partial charge in [-0.3, -0.25) is 0 Å². The van der Waals surface area contributed by atoms with Gasteiger partial charge in [-0.15, -0.1) is 0 Å². The number of rotatable bonds is 4. The zero-order valence-electron chi connectivity index (χ0n) is 17.5. The maximum atomic E-state index is 10.4. The fourth-order valence-electron chi connectivity index (χ4n) is 4.04. The molecule has 0 bridgehead atoms. The molecule has 0 amide bonds. The third kappa shape index (κ3) is 4.85. The van der Waals surface area contributed by atoms with Crippen LogP contribution in [0.25, 0.3) is 0 Å². The summed E-state index contributed by atoms with van der Waals surface area (Å²) in [6, 6.07) is 12.9. The molecule has 1 aliphatic heterocycles. The summed E-state index contributed by atoms with van der Waals surface area (Å²) < 4.78 is 5.66. The molecule has 6 nitrogen and oxygen atoms in total. The van der Waals surface area contributed by atoms with Crippen molar-refractivity contribution in [2.45, 2.75) is 61.8 Å². The molecule has 2 aliphatic rings. The Morgan fingerprint density at radius 1 is 1.00 bits per heavy atom. The fourth-order valence-corrected chi connectivity index (χ4v) is 4.22. The second-order valence-electron chi connectivity index (χ2n) is 8.61. The van der Waals surface area contributed by atoms with Crippen LogP contribution in [0.15, 0.2) is 42.5 Å². The summed E-state index contributed by atoms with van der Waals surface area (Å²) in [7, 11) is 0. The lowest BCUT2D eigenvalue weighted by molar-refractivity contribution is -0.231. The van der Waals surface area contributed by atoms with Gasteiger partial charge in [-0.05, 0) is 60.6 Å². The van der Waals surface area contributed by atoms with Crippen molar-refractivity contribution >= 4 is 11.6 Å². The minimum atomic E-state index is -1.43. The summed E-state index contributed by atoms with van der Waals surface area (Å²) in [5, 5.41) is 50.6. The number of aliphatic hydroxyl groups excluding tert-OH is 4. The van der Waals surface area contributed by atoms with E-state index in [0.717, 1.165) is 36.0 Å². The van der Waals surface area contributed by atoms with E-state index < -0.39 is 42.7 Å². The topological polar surface area (TPSA) is 110 Å². The van der Waals surface area contributed by atoms with E-state index in [9.17, 15) is 25.5 Å². The van der Waals surface area contributed by atoms with Gasteiger partial charge in [0.2, 0.25) is 0 Å². The highest BCUT2D eigenvalue weighted by molar-refractivity contribution is 6.31. The molecule has 170 valence electrons. The Labute approximate surface area is 192 Å². The van der Waals surface area contributed by atoms with Crippen LogP contribution in [0.1, 0.15) is 47.6 Å². The smallest absolute Gasteiger partial charge is 0.125 e. The standard InChI is InChI=1S/C25H27ClO6/c26-19-7-6-17(24-23(30)22(29)21(28)20(14-27)32-24)13-18(19)12-16-4-2-15(3-5-16)8-11-25(31)9-1-10-25/h2-7,13,20-24,27-31H,1,9-10,12,14H2/t20-,21-,22+,23?,24+/m1/s1. The second kappa shape index (κ2) is 9.50. The predicted octanol–water partition coefficient (Wildman–Crippen LogP) is 1.71. The van der Waals surface area contributed by atoms with E-state index in [-0.39, 0.29) is 0 Å². The van der Waals surface area contributed by atoms with Crippen molar-refractivity contribution < 1.29 is 30.3 Å². The highest BCUT2D eigenvalue weighted by atomic mass is 35.5. The van der Waals surface area contributed by atoms with Gasteiger partial charge < -0.3 is 30.3 Å². The summed E-state index contributed by atoms with van der Waals surface area (Å²) in [6.07, 6.45) is -3.07. The Morgan fingerprint density at radius 3 is 2.34 bits per heavy atom. The summed E-state index contributed by atoms with van der Waals surface area (Å²) in [4.78, 5) is 0. The van der Waals surface area contributed by atoms with Crippen LogP contribution in [0.2, 0.25) is 5.02 Å².